The number of fused-ring (bicyclic) bond motifs is 1. The molecule has 1 aromatic rings. The van der Waals surface area contributed by atoms with E-state index in [9.17, 15) is 8.42 Å². The van der Waals surface area contributed by atoms with E-state index in [2.05, 4.69) is 0 Å². The molecule has 1 aliphatic rings. The van der Waals surface area contributed by atoms with Crippen molar-refractivity contribution in [1.82, 2.24) is 0 Å². The first-order valence-corrected chi connectivity index (χ1v) is 7.82. The van der Waals surface area contributed by atoms with Gasteiger partial charge in [-0.15, -0.1) is 0 Å². The Morgan fingerprint density at radius 2 is 1.76 bits per heavy atom. The molecule has 7 heteroatoms. The molecule has 0 spiro atoms. The summed E-state index contributed by atoms with van der Waals surface area (Å²) in [5.74, 6) is 0.703. The van der Waals surface area contributed by atoms with Crippen LogP contribution in [0.3, 0.4) is 0 Å². The van der Waals surface area contributed by atoms with E-state index < -0.39 is 9.05 Å². The summed E-state index contributed by atoms with van der Waals surface area (Å²) in [5, 5.41) is 0.304. The summed E-state index contributed by atoms with van der Waals surface area (Å²) in [6.45, 7) is 1.08. The number of hydrogen-bond acceptors (Lipinski definition) is 4. The van der Waals surface area contributed by atoms with Crippen LogP contribution >= 0.6 is 22.3 Å². The SMILES string of the molecule is O=S(=O)(Cl)Cc1cc2c(cc1Cl)OCCCO2. The predicted octanol–water partition coefficient (Wildman–Crippen LogP) is 2.57. The topological polar surface area (TPSA) is 52.6 Å². The van der Waals surface area contributed by atoms with Crippen LogP contribution in [0.15, 0.2) is 12.1 Å². The second-order valence-electron chi connectivity index (χ2n) is 3.62. The standard InChI is InChI=1S/C10H10Cl2O4S/c11-8-5-10-9(15-2-1-3-16-10)4-7(8)6-17(12,13)14/h4-5H,1-3,6H2. The number of hydrogen-bond donors (Lipinski definition) is 0. The summed E-state index contributed by atoms with van der Waals surface area (Å²) in [4.78, 5) is 0. The van der Waals surface area contributed by atoms with Crippen molar-refractivity contribution in [3.8, 4) is 11.5 Å². The van der Waals surface area contributed by atoms with E-state index in [1.165, 1.54) is 0 Å². The minimum atomic E-state index is -3.64. The Morgan fingerprint density at radius 3 is 2.35 bits per heavy atom. The lowest BCUT2D eigenvalue weighted by atomic mass is 10.2. The molecule has 0 unspecified atom stereocenters. The van der Waals surface area contributed by atoms with Crippen molar-refractivity contribution in [3.05, 3.63) is 22.7 Å². The maximum absolute atomic E-state index is 11.0. The van der Waals surface area contributed by atoms with Crippen molar-refractivity contribution >= 4 is 31.3 Å². The zero-order valence-electron chi connectivity index (χ0n) is 8.78. The van der Waals surface area contributed by atoms with E-state index in [0.717, 1.165) is 6.42 Å². The normalized spacial score (nSPS) is 15.4. The highest BCUT2D eigenvalue weighted by atomic mass is 35.7. The quantitative estimate of drug-likeness (QED) is 0.787. The van der Waals surface area contributed by atoms with Gasteiger partial charge >= 0.3 is 0 Å². The third kappa shape index (κ3) is 3.40. The average Bonchev–Trinajstić information content (AvgIpc) is 2.41. The summed E-state index contributed by atoms with van der Waals surface area (Å²) in [5.41, 5.74) is 0.408. The van der Waals surface area contributed by atoms with Gasteiger partial charge in [-0.05, 0) is 11.6 Å². The van der Waals surface area contributed by atoms with Gasteiger partial charge in [-0.3, -0.25) is 0 Å². The minimum absolute atomic E-state index is 0.304. The second-order valence-corrected chi connectivity index (χ2v) is 6.81. The van der Waals surface area contributed by atoms with Gasteiger partial charge in [0.05, 0.1) is 19.0 Å². The van der Waals surface area contributed by atoms with Crippen molar-refractivity contribution in [2.45, 2.75) is 12.2 Å². The lowest BCUT2D eigenvalue weighted by Gasteiger charge is -2.10. The van der Waals surface area contributed by atoms with E-state index in [4.69, 9.17) is 31.8 Å². The van der Waals surface area contributed by atoms with Crippen molar-refractivity contribution in [1.29, 1.82) is 0 Å². The van der Waals surface area contributed by atoms with Gasteiger partial charge < -0.3 is 9.47 Å². The first-order chi connectivity index (χ1) is 7.96. The van der Waals surface area contributed by atoms with E-state index in [1.807, 2.05) is 0 Å². The molecule has 0 aliphatic carbocycles. The van der Waals surface area contributed by atoms with E-state index in [1.54, 1.807) is 12.1 Å². The highest BCUT2D eigenvalue weighted by molar-refractivity contribution is 8.13. The maximum Gasteiger partial charge on any atom is 0.236 e. The summed E-state index contributed by atoms with van der Waals surface area (Å²) in [6.07, 6.45) is 0.773. The van der Waals surface area contributed by atoms with Gasteiger partial charge in [-0.1, -0.05) is 11.6 Å². The van der Waals surface area contributed by atoms with E-state index >= 15 is 0 Å². The van der Waals surface area contributed by atoms with Gasteiger partial charge in [-0.2, -0.15) is 0 Å². The van der Waals surface area contributed by atoms with Crippen molar-refractivity contribution in [3.63, 3.8) is 0 Å². The molecule has 0 radical (unpaired) electrons. The van der Waals surface area contributed by atoms with Crippen molar-refractivity contribution < 1.29 is 17.9 Å². The molecule has 0 aromatic heterocycles. The fourth-order valence-corrected chi connectivity index (χ4v) is 2.79. The monoisotopic (exact) mass is 296 g/mol. The molecule has 94 valence electrons. The summed E-state index contributed by atoms with van der Waals surface area (Å²) in [6, 6.07) is 3.11. The lowest BCUT2D eigenvalue weighted by molar-refractivity contribution is 0.297. The van der Waals surface area contributed by atoms with Crippen molar-refractivity contribution in [2.75, 3.05) is 13.2 Å². The summed E-state index contributed by atoms with van der Waals surface area (Å²) < 4.78 is 32.9. The molecule has 0 fully saturated rings. The van der Waals surface area contributed by atoms with Gasteiger partial charge in [0.2, 0.25) is 9.05 Å². The smallest absolute Gasteiger partial charge is 0.236 e. The number of halogens is 2. The Kier molecular flexibility index (Phi) is 3.70. The van der Waals surface area contributed by atoms with Crippen LogP contribution < -0.4 is 9.47 Å². The van der Waals surface area contributed by atoms with Crippen LogP contribution in [-0.2, 0) is 14.8 Å². The number of ether oxygens (including phenoxy) is 2. The Balaban J connectivity index is 2.39. The van der Waals surface area contributed by atoms with Crippen LogP contribution in [0.5, 0.6) is 11.5 Å². The van der Waals surface area contributed by atoms with Gasteiger partial charge in [-0.25, -0.2) is 8.42 Å². The molecular weight excluding hydrogens is 287 g/mol. The largest absolute Gasteiger partial charge is 0.490 e. The Bertz CT molecular complexity index is 527. The zero-order valence-corrected chi connectivity index (χ0v) is 11.1. The molecule has 0 bridgehead atoms. The molecule has 17 heavy (non-hydrogen) atoms. The first kappa shape index (κ1) is 12.8. The molecule has 1 aliphatic heterocycles. The third-order valence-electron chi connectivity index (χ3n) is 2.24. The predicted molar refractivity (Wildman–Crippen MR) is 65.5 cm³/mol. The first-order valence-electron chi connectivity index (χ1n) is 4.96. The van der Waals surface area contributed by atoms with Crippen LogP contribution in [0.1, 0.15) is 12.0 Å². The van der Waals surface area contributed by atoms with Gasteiger partial charge in [0.1, 0.15) is 0 Å². The van der Waals surface area contributed by atoms with Crippen molar-refractivity contribution in [2.24, 2.45) is 0 Å². The number of benzene rings is 1. The molecule has 0 amide bonds. The maximum atomic E-state index is 11.0. The Labute approximate surface area is 109 Å². The van der Waals surface area contributed by atoms with Gasteiger partial charge in [0, 0.05) is 28.2 Å². The molecule has 0 saturated heterocycles. The zero-order chi connectivity index (χ0) is 12.5. The lowest BCUT2D eigenvalue weighted by Crippen LogP contribution is -1.98. The van der Waals surface area contributed by atoms with Crippen LogP contribution in [0.4, 0.5) is 0 Å². The summed E-state index contributed by atoms with van der Waals surface area (Å²) in [7, 11) is 1.55. The highest BCUT2D eigenvalue weighted by Gasteiger charge is 2.17. The van der Waals surface area contributed by atoms with Gasteiger partial charge in [0.15, 0.2) is 11.5 Å². The fraction of sp³-hybridized carbons (Fsp3) is 0.400. The molecular formula is C10H10Cl2O4S. The molecule has 0 N–H and O–H groups in total. The van der Waals surface area contributed by atoms with E-state index in [-0.39, 0.29) is 5.75 Å². The molecule has 4 nitrogen and oxygen atoms in total. The van der Waals surface area contributed by atoms with E-state index in [0.29, 0.717) is 35.3 Å². The van der Waals surface area contributed by atoms with Crippen LogP contribution in [0.25, 0.3) is 0 Å². The molecule has 1 aromatic carbocycles. The molecule has 2 rings (SSSR count). The molecule has 0 atom stereocenters. The van der Waals surface area contributed by atoms with Gasteiger partial charge in [0.25, 0.3) is 0 Å². The Morgan fingerprint density at radius 1 is 1.18 bits per heavy atom. The van der Waals surface area contributed by atoms with Crippen LogP contribution in [-0.4, -0.2) is 21.6 Å². The molecule has 1 heterocycles. The molecule has 0 saturated carbocycles. The second kappa shape index (κ2) is 4.92. The average molecular weight is 297 g/mol. The third-order valence-corrected chi connectivity index (χ3v) is 3.58. The van der Waals surface area contributed by atoms with Crippen LogP contribution in [0.2, 0.25) is 5.02 Å². The minimum Gasteiger partial charge on any atom is -0.490 e. The Hall–Kier alpha value is -0.650. The summed E-state index contributed by atoms with van der Waals surface area (Å²) >= 11 is 5.96. The highest BCUT2D eigenvalue weighted by Crippen LogP contribution is 2.35. The van der Waals surface area contributed by atoms with Crippen LogP contribution in [0, 0.1) is 0 Å². The number of rotatable bonds is 2. The fourth-order valence-electron chi connectivity index (χ4n) is 1.52.